The molecule has 3 nitrogen and oxygen atoms in total. The van der Waals surface area contributed by atoms with Crippen molar-refractivity contribution >= 4 is 0 Å². The second-order valence-electron chi connectivity index (χ2n) is 6.35. The van der Waals surface area contributed by atoms with E-state index in [1.165, 1.54) is 64.2 Å². The van der Waals surface area contributed by atoms with Crippen LogP contribution in [0.4, 0.5) is 0 Å². The quantitative estimate of drug-likeness (QED) is 0.831. The number of hydrogen-bond donors (Lipinski definition) is 1. The van der Waals surface area contributed by atoms with Crippen molar-refractivity contribution in [1.82, 2.24) is 5.32 Å². The van der Waals surface area contributed by atoms with Gasteiger partial charge in [0.2, 0.25) is 5.91 Å². The van der Waals surface area contributed by atoms with Crippen LogP contribution in [0.3, 0.4) is 0 Å². The van der Waals surface area contributed by atoms with Crippen LogP contribution in [0.15, 0.2) is 0 Å². The minimum Gasteiger partial charge on any atom is -0.310 e. The lowest BCUT2D eigenvalue weighted by Gasteiger charge is -2.46. The zero-order valence-corrected chi connectivity index (χ0v) is 11.5. The zero-order valence-electron chi connectivity index (χ0n) is 11.5. The van der Waals surface area contributed by atoms with Gasteiger partial charge < -0.3 is 9.47 Å². The van der Waals surface area contributed by atoms with Crippen molar-refractivity contribution in [3.05, 3.63) is 0 Å². The standard InChI is InChI=1S/C15H27NO2/c1-3-7-13(8-4-1)11-15(17-12-18-15)16-14-9-5-2-6-10-14/h13-14,16H,1-12H2. The van der Waals surface area contributed by atoms with E-state index in [0.717, 1.165) is 12.3 Å². The summed E-state index contributed by atoms with van der Waals surface area (Å²) in [4.78, 5) is 0. The summed E-state index contributed by atoms with van der Waals surface area (Å²) >= 11 is 0. The highest BCUT2D eigenvalue weighted by atomic mass is 16.9. The van der Waals surface area contributed by atoms with Gasteiger partial charge in [0, 0.05) is 12.5 Å². The van der Waals surface area contributed by atoms with Gasteiger partial charge in [-0.15, -0.1) is 0 Å². The van der Waals surface area contributed by atoms with Crippen LogP contribution in [-0.4, -0.2) is 18.7 Å². The minimum atomic E-state index is -0.413. The molecule has 3 heteroatoms. The average Bonchev–Trinajstić information content (AvgIpc) is 2.39. The Bertz CT molecular complexity index is 231. The monoisotopic (exact) mass is 253 g/mol. The van der Waals surface area contributed by atoms with E-state index in [-0.39, 0.29) is 0 Å². The fourth-order valence-corrected chi connectivity index (χ4v) is 3.79. The van der Waals surface area contributed by atoms with E-state index >= 15 is 0 Å². The third-order valence-corrected chi connectivity index (χ3v) is 4.90. The summed E-state index contributed by atoms with van der Waals surface area (Å²) in [7, 11) is 0. The maximum atomic E-state index is 5.79. The molecule has 0 bridgehead atoms. The van der Waals surface area contributed by atoms with E-state index in [9.17, 15) is 0 Å². The summed E-state index contributed by atoms with van der Waals surface area (Å²) < 4.78 is 11.6. The van der Waals surface area contributed by atoms with Crippen LogP contribution in [-0.2, 0) is 9.47 Å². The number of hydrogen-bond acceptors (Lipinski definition) is 3. The molecule has 0 aromatic carbocycles. The Morgan fingerprint density at radius 1 is 0.833 bits per heavy atom. The SMILES string of the molecule is C1CCC(CC2(NC3CCCCC3)OCO2)CC1. The van der Waals surface area contributed by atoms with E-state index in [4.69, 9.17) is 9.47 Å². The Labute approximate surface area is 111 Å². The first-order valence-corrected chi connectivity index (χ1v) is 7.92. The van der Waals surface area contributed by atoms with Crippen LogP contribution < -0.4 is 5.32 Å². The van der Waals surface area contributed by atoms with Crippen molar-refractivity contribution in [1.29, 1.82) is 0 Å². The Morgan fingerprint density at radius 2 is 1.44 bits per heavy atom. The highest BCUT2D eigenvalue weighted by Gasteiger charge is 2.43. The van der Waals surface area contributed by atoms with Crippen molar-refractivity contribution in [2.45, 2.75) is 82.6 Å². The van der Waals surface area contributed by atoms with Crippen LogP contribution >= 0.6 is 0 Å². The molecule has 0 amide bonds. The molecule has 0 aromatic heterocycles. The molecular formula is C15H27NO2. The lowest BCUT2D eigenvalue weighted by molar-refractivity contribution is -0.420. The van der Waals surface area contributed by atoms with Crippen molar-refractivity contribution in [3.8, 4) is 0 Å². The topological polar surface area (TPSA) is 30.5 Å². The molecule has 0 radical (unpaired) electrons. The Kier molecular flexibility index (Phi) is 4.22. The van der Waals surface area contributed by atoms with E-state index in [2.05, 4.69) is 5.32 Å². The zero-order chi connectivity index (χ0) is 12.3. The first-order valence-electron chi connectivity index (χ1n) is 7.92. The molecule has 18 heavy (non-hydrogen) atoms. The van der Waals surface area contributed by atoms with Gasteiger partial charge in [-0.1, -0.05) is 51.4 Å². The highest BCUT2D eigenvalue weighted by molar-refractivity contribution is 4.83. The third kappa shape index (κ3) is 3.06. The molecule has 2 saturated carbocycles. The second-order valence-corrected chi connectivity index (χ2v) is 6.35. The minimum absolute atomic E-state index is 0.413. The lowest BCUT2D eigenvalue weighted by Crippen LogP contribution is -2.62. The van der Waals surface area contributed by atoms with Gasteiger partial charge in [0.15, 0.2) is 6.79 Å². The van der Waals surface area contributed by atoms with Gasteiger partial charge in [-0.3, -0.25) is 5.32 Å². The van der Waals surface area contributed by atoms with Gasteiger partial charge in [-0.2, -0.15) is 0 Å². The largest absolute Gasteiger partial charge is 0.310 e. The molecule has 3 rings (SSSR count). The van der Waals surface area contributed by atoms with Crippen molar-refractivity contribution < 1.29 is 9.47 Å². The van der Waals surface area contributed by atoms with Gasteiger partial charge in [-0.05, 0) is 18.8 Å². The molecule has 1 heterocycles. The molecule has 104 valence electrons. The molecule has 3 aliphatic rings. The van der Waals surface area contributed by atoms with Crippen LogP contribution in [0.25, 0.3) is 0 Å². The van der Waals surface area contributed by atoms with Gasteiger partial charge >= 0.3 is 0 Å². The molecule has 0 atom stereocenters. The normalized spacial score (nSPS) is 30.0. The summed E-state index contributed by atoms with van der Waals surface area (Å²) in [5.74, 6) is 0.388. The summed E-state index contributed by atoms with van der Waals surface area (Å²) in [5.41, 5.74) is 0. The maximum absolute atomic E-state index is 5.79. The molecule has 3 fully saturated rings. The van der Waals surface area contributed by atoms with Gasteiger partial charge in [-0.25, -0.2) is 0 Å². The van der Waals surface area contributed by atoms with Gasteiger partial charge in [0.25, 0.3) is 0 Å². The van der Waals surface area contributed by atoms with Crippen molar-refractivity contribution in [2.75, 3.05) is 6.79 Å². The van der Waals surface area contributed by atoms with Crippen LogP contribution in [0, 0.1) is 5.92 Å². The number of nitrogens with one attached hydrogen (secondary N) is 1. The summed E-state index contributed by atoms with van der Waals surface area (Å²) in [6.45, 7) is 0.479. The molecule has 0 aromatic rings. The van der Waals surface area contributed by atoms with E-state index < -0.39 is 5.91 Å². The molecule has 2 aliphatic carbocycles. The third-order valence-electron chi connectivity index (χ3n) is 4.90. The Morgan fingerprint density at radius 3 is 2.00 bits per heavy atom. The van der Waals surface area contributed by atoms with Crippen molar-refractivity contribution in [3.63, 3.8) is 0 Å². The molecule has 1 aliphatic heterocycles. The smallest absolute Gasteiger partial charge is 0.231 e. The first kappa shape index (κ1) is 12.9. The lowest BCUT2D eigenvalue weighted by atomic mass is 9.85. The van der Waals surface area contributed by atoms with Gasteiger partial charge in [0.05, 0.1) is 0 Å². The van der Waals surface area contributed by atoms with E-state index in [0.29, 0.717) is 12.8 Å². The van der Waals surface area contributed by atoms with Crippen LogP contribution in [0.2, 0.25) is 0 Å². The Balaban J connectivity index is 1.52. The number of ether oxygens (including phenoxy) is 2. The predicted molar refractivity (Wildman–Crippen MR) is 71.0 cm³/mol. The summed E-state index contributed by atoms with van der Waals surface area (Å²) in [5, 5.41) is 3.67. The van der Waals surface area contributed by atoms with E-state index in [1.54, 1.807) is 0 Å². The fraction of sp³-hybridized carbons (Fsp3) is 1.00. The summed E-state index contributed by atoms with van der Waals surface area (Å²) in [6, 6.07) is 0.614. The van der Waals surface area contributed by atoms with Crippen LogP contribution in [0.5, 0.6) is 0 Å². The molecular weight excluding hydrogens is 226 g/mol. The predicted octanol–water partition coefficient (Wildman–Crippen LogP) is 3.54. The van der Waals surface area contributed by atoms with Gasteiger partial charge in [0.1, 0.15) is 0 Å². The molecule has 0 spiro atoms. The first-order chi connectivity index (χ1) is 8.86. The molecule has 1 N–H and O–H groups in total. The molecule has 1 saturated heterocycles. The maximum Gasteiger partial charge on any atom is 0.231 e. The van der Waals surface area contributed by atoms with E-state index in [1.807, 2.05) is 0 Å². The molecule has 0 unspecified atom stereocenters. The van der Waals surface area contributed by atoms with Crippen LogP contribution in [0.1, 0.15) is 70.6 Å². The average molecular weight is 253 g/mol. The number of rotatable bonds is 4. The second kappa shape index (κ2) is 5.89. The Hall–Kier alpha value is -0.120. The highest BCUT2D eigenvalue weighted by Crippen LogP contribution is 2.36. The summed E-state index contributed by atoms with van der Waals surface area (Å²) in [6.07, 6.45) is 14.7. The van der Waals surface area contributed by atoms with Crippen molar-refractivity contribution in [2.24, 2.45) is 5.92 Å². The fourth-order valence-electron chi connectivity index (χ4n) is 3.79.